The average molecular weight is 406 g/mol. The van der Waals surface area contributed by atoms with Crippen LogP contribution in [0.2, 0.25) is 10.0 Å². The Morgan fingerprint density at radius 1 is 1.07 bits per heavy atom. The van der Waals surface area contributed by atoms with Crippen LogP contribution in [0.15, 0.2) is 55.1 Å². The molecule has 3 aromatic rings. The first kappa shape index (κ1) is 19.7. The van der Waals surface area contributed by atoms with E-state index in [4.69, 9.17) is 32.7 Å². The molecular formula is C20H21Cl2N3O2. The standard InChI is InChI=1S/C20H21Cl2N3O2/c1-3-10-20(26-2,12-25-14-23-13-24-25)18-9-8-17(11-19(18)22)27-16-6-4-15(21)5-7-16/h4-9,11,13-14H,3,10,12H2,1-2H3. The van der Waals surface area contributed by atoms with Gasteiger partial charge in [-0.15, -0.1) is 0 Å². The lowest BCUT2D eigenvalue weighted by molar-refractivity contribution is -0.0397. The summed E-state index contributed by atoms with van der Waals surface area (Å²) in [5.74, 6) is 1.34. The van der Waals surface area contributed by atoms with Crippen LogP contribution >= 0.6 is 23.2 Å². The van der Waals surface area contributed by atoms with Crippen molar-refractivity contribution in [3.05, 3.63) is 70.7 Å². The smallest absolute Gasteiger partial charge is 0.137 e. The van der Waals surface area contributed by atoms with E-state index in [0.29, 0.717) is 28.1 Å². The van der Waals surface area contributed by atoms with Crippen molar-refractivity contribution < 1.29 is 9.47 Å². The molecule has 0 saturated heterocycles. The van der Waals surface area contributed by atoms with E-state index in [-0.39, 0.29) is 0 Å². The first-order valence-electron chi connectivity index (χ1n) is 8.67. The van der Waals surface area contributed by atoms with Gasteiger partial charge in [0.1, 0.15) is 29.8 Å². The Balaban J connectivity index is 1.89. The molecule has 3 rings (SSSR count). The van der Waals surface area contributed by atoms with E-state index in [2.05, 4.69) is 17.0 Å². The van der Waals surface area contributed by atoms with Crippen molar-refractivity contribution >= 4 is 23.2 Å². The highest BCUT2D eigenvalue weighted by atomic mass is 35.5. The van der Waals surface area contributed by atoms with Gasteiger partial charge in [-0.25, -0.2) is 9.67 Å². The molecule has 0 aliphatic heterocycles. The lowest BCUT2D eigenvalue weighted by atomic mass is 9.88. The van der Waals surface area contributed by atoms with Crippen molar-refractivity contribution in [2.45, 2.75) is 31.9 Å². The molecule has 0 N–H and O–H groups in total. The highest BCUT2D eigenvalue weighted by Gasteiger charge is 2.34. The monoisotopic (exact) mass is 405 g/mol. The number of rotatable bonds is 8. The van der Waals surface area contributed by atoms with Crippen LogP contribution in [0, 0.1) is 0 Å². The van der Waals surface area contributed by atoms with Gasteiger partial charge < -0.3 is 9.47 Å². The van der Waals surface area contributed by atoms with Crippen molar-refractivity contribution in [2.24, 2.45) is 0 Å². The topological polar surface area (TPSA) is 49.2 Å². The fourth-order valence-electron chi connectivity index (χ4n) is 3.12. The van der Waals surface area contributed by atoms with Gasteiger partial charge in [0.05, 0.1) is 11.6 Å². The number of nitrogens with zero attached hydrogens (tertiary/aromatic N) is 3. The van der Waals surface area contributed by atoms with Crippen molar-refractivity contribution in [1.29, 1.82) is 0 Å². The van der Waals surface area contributed by atoms with Crippen LogP contribution in [0.3, 0.4) is 0 Å². The average Bonchev–Trinajstić information content (AvgIpc) is 3.16. The first-order chi connectivity index (χ1) is 13.1. The predicted octanol–water partition coefficient (Wildman–Crippen LogP) is 5.72. The molecule has 2 aromatic carbocycles. The minimum absolute atomic E-state index is 0.522. The van der Waals surface area contributed by atoms with Crippen molar-refractivity contribution in [2.75, 3.05) is 7.11 Å². The van der Waals surface area contributed by atoms with Crippen molar-refractivity contribution in [3.8, 4) is 11.5 Å². The summed E-state index contributed by atoms with van der Waals surface area (Å²) < 4.78 is 13.6. The Kier molecular flexibility index (Phi) is 6.37. The predicted molar refractivity (Wildman–Crippen MR) is 107 cm³/mol. The Morgan fingerprint density at radius 3 is 2.41 bits per heavy atom. The number of methoxy groups -OCH3 is 1. The second-order valence-corrected chi connectivity index (χ2v) is 7.08. The molecule has 7 heteroatoms. The molecule has 0 spiro atoms. The molecule has 0 aliphatic rings. The molecule has 0 bridgehead atoms. The van der Waals surface area contributed by atoms with Crippen molar-refractivity contribution in [1.82, 2.24) is 14.8 Å². The molecular weight excluding hydrogens is 385 g/mol. The van der Waals surface area contributed by atoms with Gasteiger partial charge in [-0.3, -0.25) is 0 Å². The minimum Gasteiger partial charge on any atom is -0.457 e. The highest BCUT2D eigenvalue weighted by Crippen LogP contribution is 2.39. The van der Waals surface area contributed by atoms with Gasteiger partial charge in [0.15, 0.2) is 0 Å². The zero-order valence-electron chi connectivity index (χ0n) is 15.2. The van der Waals surface area contributed by atoms with Crippen LogP contribution < -0.4 is 4.74 Å². The largest absolute Gasteiger partial charge is 0.457 e. The highest BCUT2D eigenvalue weighted by molar-refractivity contribution is 6.31. The molecule has 0 saturated carbocycles. The number of aromatic nitrogens is 3. The van der Waals surface area contributed by atoms with E-state index in [0.717, 1.165) is 18.4 Å². The van der Waals surface area contributed by atoms with Crippen LogP contribution in [0.4, 0.5) is 0 Å². The van der Waals surface area contributed by atoms with Crippen LogP contribution in [-0.2, 0) is 16.9 Å². The van der Waals surface area contributed by atoms with Crippen LogP contribution in [0.25, 0.3) is 0 Å². The van der Waals surface area contributed by atoms with Gasteiger partial charge in [-0.2, -0.15) is 5.10 Å². The van der Waals surface area contributed by atoms with Crippen LogP contribution in [0.5, 0.6) is 11.5 Å². The van der Waals surface area contributed by atoms with Gasteiger partial charge in [-0.05, 0) is 42.8 Å². The van der Waals surface area contributed by atoms with Gasteiger partial charge in [0.2, 0.25) is 0 Å². The molecule has 27 heavy (non-hydrogen) atoms. The second kappa shape index (κ2) is 8.74. The lowest BCUT2D eigenvalue weighted by Crippen LogP contribution is -2.34. The van der Waals surface area contributed by atoms with Crippen LogP contribution in [0.1, 0.15) is 25.3 Å². The summed E-state index contributed by atoms with van der Waals surface area (Å²) >= 11 is 12.5. The summed E-state index contributed by atoms with van der Waals surface area (Å²) in [6, 6.07) is 12.8. The number of ether oxygens (including phenoxy) is 2. The molecule has 1 aromatic heterocycles. The third-order valence-electron chi connectivity index (χ3n) is 4.41. The maximum atomic E-state index is 6.63. The number of hydrogen-bond donors (Lipinski definition) is 0. The molecule has 0 radical (unpaired) electrons. The molecule has 0 fully saturated rings. The summed E-state index contributed by atoms with van der Waals surface area (Å²) in [4.78, 5) is 4.02. The van der Waals surface area contributed by atoms with E-state index in [1.807, 2.05) is 24.3 Å². The van der Waals surface area contributed by atoms with Crippen LogP contribution in [-0.4, -0.2) is 21.9 Å². The summed E-state index contributed by atoms with van der Waals surface area (Å²) in [6.45, 7) is 2.63. The molecule has 1 heterocycles. The van der Waals surface area contributed by atoms with E-state index in [1.165, 1.54) is 6.33 Å². The molecule has 1 unspecified atom stereocenters. The van der Waals surface area contributed by atoms with E-state index < -0.39 is 5.60 Å². The Labute approximate surface area is 168 Å². The molecule has 1 atom stereocenters. The zero-order chi connectivity index (χ0) is 19.3. The summed E-state index contributed by atoms with van der Waals surface area (Å²) in [5.41, 5.74) is 0.297. The summed E-state index contributed by atoms with van der Waals surface area (Å²) in [5, 5.41) is 5.45. The third-order valence-corrected chi connectivity index (χ3v) is 4.97. The fraction of sp³-hybridized carbons (Fsp3) is 0.300. The van der Waals surface area contributed by atoms with E-state index >= 15 is 0 Å². The third kappa shape index (κ3) is 4.61. The Hall–Kier alpha value is -2.08. The summed E-state index contributed by atoms with van der Waals surface area (Å²) in [6.07, 6.45) is 4.91. The Morgan fingerprint density at radius 2 is 1.81 bits per heavy atom. The van der Waals surface area contributed by atoms with Gasteiger partial charge in [-0.1, -0.05) is 42.6 Å². The SMILES string of the molecule is CCCC(Cn1cncn1)(OC)c1ccc(Oc2ccc(Cl)cc2)cc1Cl. The number of hydrogen-bond acceptors (Lipinski definition) is 4. The zero-order valence-corrected chi connectivity index (χ0v) is 16.7. The second-order valence-electron chi connectivity index (χ2n) is 6.24. The van der Waals surface area contributed by atoms with Gasteiger partial charge >= 0.3 is 0 Å². The van der Waals surface area contributed by atoms with Gasteiger partial charge in [0, 0.05) is 17.7 Å². The summed E-state index contributed by atoms with van der Waals surface area (Å²) in [7, 11) is 1.70. The number of halogens is 2. The van der Waals surface area contributed by atoms with E-state index in [1.54, 1.807) is 36.3 Å². The normalized spacial score (nSPS) is 13.3. The Bertz CT molecular complexity index is 869. The maximum absolute atomic E-state index is 6.63. The van der Waals surface area contributed by atoms with Crippen molar-refractivity contribution in [3.63, 3.8) is 0 Å². The first-order valence-corrected chi connectivity index (χ1v) is 9.43. The molecule has 142 valence electrons. The van der Waals surface area contributed by atoms with E-state index in [9.17, 15) is 0 Å². The quantitative estimate of drug-likeness (QED) is 0.480. The molecule has 0 aliphatic carbocycles. The van der Waals surface area contributed by atoms with Gasteiger partial charge in [0.25, 0.3) is 0 Å². The maximum Gasteiger partial charge on any atom is 0.137 e. The lowest BCUT2D eigenvalue weighted by Gasteiger charge is -2.33. The number of benzene rings is 2. The molecule has 0 amide bonds. The fourth-order valence-corrected chi connectivity index (χ4v) is 3.59. The molecule has 5 nitrogen and oxygen atoms in total. The minimum atomic E-state index is -0.599.